The van der Waals surface area contributed by atoms with Gasteiger partial charge in [-0.2, -0.15) is 0 Å². The van der Waals surface area contributed by atoms with E-state index in [1.165, 1.54) is 6.07 Å². The second kappa shape index (κ2) is 11.0. The van der Waals surface area contributed by atoms with Gasteiger partial charge in [0.05, 0.1) is 7.11 Å². The van der Waals surface area contributed by atoms with Crippen molar-refractivity contribution >= 4 is 0 Å². The fraction of sp³-hybridized carbons (Fsp3) is 0.455. The molecule has 28 heavy (non-hydrogen) atoms. The second-order valence-electron chi connectivity index (χ2n) is 7.18. The molecule has 0 aliphatic heterocycles. The molecule has 0 aromatic heterocycles. The smallest absolute Gasteiger partial charge is 0.161 e. The topological polar surface area (TPSA) is 54.0 Å². The molecule has 6 heteroatoms. The summed E-state index contributed by atoms with van der Waals surface area (Å²) in [4.78, 5) is 2.06. The minimum atomic E-state index is -0.597. The number of hydrogen-bond acceptors (Lipinski definition) is 5. The SMILES string of the molecule is COc1ccc(CNCc2ccccc2F)cc1OCC(O)CN(C)C(C)C. The van der Waals surface area contributed by atoms with E-state index < -0.39 is 6.10 Å². The van der Waals surface area contributed by atoms with Gasteiger partial charge in [-0.15, -0.1) is 0 Å². The highest BCUT2D eigenvalue weighted by Gasteiger charge is 2.13. The molecule has 1 atom stereocenters. The zero-order valence-corrected chi connectivity index (χ0v) is 17.1. The van der Waals surface area contributed by atoms with E-state index in [2.05, 4.69) is 24.1 Å². The molecular formula is C22H31FN2O3. The van der Waals surface area contributed by atoms with Crippen molar-refractivity contribution < 1.29 is 19.0 Å². The molecule has 0 amide bonds. The van der Waals surface area contributed by atoms with E-state index in [9.17, 15) is 9.50 Å². The van der Waals surface area contributed by atoms with Gasteiger partial charge in [-0.25, -0.2) is 4.39 Å². The maximum absolute atomic E-state index is 13.7. The molecule has 0 bridgehead atoms. The summed E-state index contributed by atoms with van der Waals surface area (Å²) in [6, 6.07) is 12.7. The van der Waals surface area contributed by atoms with Crippen LogP contribution in [0.15, 0.2) is 42.5 Å². The number of ether oxygens (including phenoxy) is 2. The van der Waals surface area contributed by atoms with E-state index in [1.807, 2.05) is 31.3 Å². The van der Waals surface area contributed by atoms with Crippen LogP contribution >= 0.6 is 0 Å². The Morgan fingerprint density at radius 1 is 1.11 bits per heavy atom. The minimum absolute atomic E-state index is 0.180. The van der Waals surface area contributed by atoms with Crippen LogP contribution in [0.1, 0.15) is 25.0 Å². The number of rotatable bonds is 11. The maximum atomic E-state index is 13.7. The summed E-state index contributed by atoms with van der Waals surface area (Å²) in [6.07, 6.45) is -0.597. The van der Waals surface area contributed by atoms with E-state index >= 15 is 0 Å². The third-order valence-corrected chi connectivity index (χ3v) is 4.64. The molecule has 1 unspecified atom stereocenters. The highest BCUT2D eigenvalue weighted by molar-refractivity contribution is 5.43. The molecule has 2 rings (SSSR count). The monoisotopic (exact) mass is 390 g/mol. The van der Waals surface area contributed by atoms with Gasteiger partial charge in [0.25, 0.3) is 0 Å². The van der Waals surface area contributed by atoms with E-state index in [0.717, 1.165) is 5.56 Å². The number of nitrogens with one attached hydrogen (secondary N) is 1. The van der Waals surface area contributed by atoms with Crippen LogP contribution in [0.2, 0.25) is 0 Å². The molecule has 0 aliphatic carbocycles. The summed E-state index contributed by atoms with van der Waals surface area (Å²) in [6.45, 7) is 5.87. The lowest BCUT2D eigenvalue weighted by atomic mass is 10.1. The fourth-order valence-electron chi connectivity index (χ4n) is 2.71. The number of hydrogen-bond donors (Lipinski definition) is 2. The number of aliphatic hydroxyl groups excluding tert-OH is 1. The van der Waals surface area contributed by atoms with Crippen LogP contribution < -0.4 is 14.8 Å². The zero-order valence-electron chi connectivity index (χ0n) is 17.1. The Morgan fingerprint density at radius 2 is 1.86 bits per heavy atom. The van der Waals surface area contributed by atoms with E-state index in [4.69, 9.17) is 9.47 Å². The highest BCUT2D eigenvalue weighted by atomic mass is 19.1. The van der Waals surface area contributed by atoms with Gasteiger partial charge in [0.1, 0.15) is 18.5 Å². The van der Waals surface area contributed by atoms with E-state index in [1.54, 1.807) is 19.2 Å². The first kappa shape index (κ1) is 22.1. The Labute approximate surface area is 167 Å². The lowest BCUT2D eigenvalue weighted by Gasteiger charge is -2.24. The van der Waals surface area contributed by atoms with Gasteiger partial charge in [0.15, 0.2) is 11.5 Å². The average Bonchev–Trinajstić information content (AvgIpc) is 2.68. The number of methoxy groups -OCH3 is 1. The molecule has 0 saturated heterocycles. The lowest BCUT2D eigenvalue weighted by Crippen LogP contribution is -2.37. The normalized spacial score (nSPS) is 12.4. The molecule has 0 heterocycles. The third kappa shape index (κ3) is 6.78. The van der Waals surface area contributed by atoms with Crippen LogP contribution in [0.4, 0.5) is 4.39 Å². The summed E-state index contributed by atoms with van der Waals surface area (Å²) in [5.41, 5.74) is 1.62. The largest absolute Gasteiger partial charge is 0.493 e. The molecule has 0 spiro atoms. The summed E-state index contributed by atoms with van der Waals surface area (Å²) in [5.74, 6) is 0.982. The van der Waals surface area contributed by atoms with Crippen LogP contribution in [0.5, 0.6) is 11.5 Å². The zero-order chi connectivity index (χ0) is 20.5. The molecule has 154 valence electrons. The van der Waals surface area contributed by atoms with Gasteiger partial charge in [-0.1, -0.05) is 24.3 Å². The summed E-state index contributed by atoms with van der Waals surface area (Å²) in [5, 5.41) is 13.4. The quantitative estimate of drug-likeness (QED) is 0.617. The van der Waals surface area contributed by atoms with Gasteiger partial charge in [0.2, 0.25) is 0 Å². The molecular weight excluding hydrogens is 359 g/mol. The van der Waals surface area contributed by atoms with Gasteiger partial charge in [-0.3, -0.25) is 0 Å². The number of likely N-dealkylation sites (N-methyl/N-ethyl adjacent to an activating group) is 1. The molecule has 0 radical (unpaired) electrons. The van der Waals surface area contributed by atoms with Crippen molar-refractivity contribution in [3.05, 3.63) is 59.4 Å². The Bertz CT molecular complexity index is 739. The van der Waals surface area contributed by atoms with Crippen molar-refractivity contribution in [3.63, 3.8) is 0 Å². The van der Waals surface area contributed by atoms with Gasteiger partial charge in [-0.05, 0) is 44.7 Å². The molecule has 0 fully saturated rings. The van der Waals surface area contributed by atoms with Crippen molar-refractivity contribution in [1.29, 1.82) is 0 Å². The van der Waals surface area contributed by atoms with Crippen LogP contribution in [0.25, 0.3) is 0 Å². The summed E-state index contributed by atoms with van der Waals surface area (Å²) < 4.78 is 24.9. The van der Waals surface area contributed by atoms with Crippen LogP contribution in [-0.2, 0) is 13.1 Å². The minimum Gasteiger partial charge on any atom is -0.493 e. The molecule has 5 nitrogen and oxygen atoms in total. The van der Waals surface area contributed by atoms with Crippen molar-refractivity contribution in [2.75, 3.05) is 27.3 Å². The summed E-state index contributed by atoms with van der Waals surface area (Å²) in [7, 11) is 3.55. The van der Waals surface area contributed by atoms with Crippen LogP contribution in [0.3, 0.4) is 0 Å². The van der Waals surface area contributed by atoms with Gasteiger partial charge < -0.3 is 24.8 Å². The van der Waals surface area contributed by atoms with Crippen molar-refractivity contribution in [2.24, 2.45) is 0 Å². The van der Waals surface area contributed by atoms with E-state index in [0.29, 0.717) is 42.7 Å². The van der Waals surface area contributed by atoms with Crippen LogP contribution in [0, 0.1) is 5.82 Å². The number of benzene rings is 2. The maximum Gasteiger partial charge on any atom is 0.161 e. The van der Waals surface area contributed by atoms with Gasteiger partial charge >= 0.3 is 0 Å². The number of aliphatic hydroxyl groups is 1. The predicted molar refractivity (Wildman–Crippen MR) is 109 cm³/mol. The second-order valence-corrected chi connectivity index (χ2v) is 7.18. The Kier molecular flexibility index (Phi) is 8.70. The molecule has 2 aromatic carbocycles. The van der Waals surface area contributed by atoms with Crippen LogP contribution in [-0.4, -0.2) is 49.5 Å². The summed E-state index contributed by atoms with van der Waals surface area (Å²) >= 11 is 0. The van der Waals surface area contributed by atoms with Crippen molar-refractivity contribution in [3.8, 4) is 11.5 Å². The molecule has 0 aliphatic rings. The molecule has 0 saturated carbocycles. The fourth-order valence-corrected chi connectivity index (χ4v) is 2.71. The van der Waals surface area contributed by atoms with E-state index in [-0.39, 0.29) is 12.4 Å². The standard InChI is InChI=1S/C22H31FN2O3/c1-16(2)25(3)14-19(26)15-28-22-11-17(9-10-21(22)27-4)12-24-13-18-7-5-6-8-20(18)23/h5-11,16,19,24,26H,12-15H2,1-4H3. The van der Waals surface area contributed by atoms with Crippen molar-refractivity contribution in [1.82, 2.24) is 10.2 Å². The first-order valence-corrected chi connectivity index (χ1v) is 9.52. The average molecular weight is 390 g/mol. The third-order valence-electron chi connectivity index (χ3n) is 4.64. The highest BCUT2D eigenvalue weighted by Crippen LogP contribution is 2.28. The first-order chi connectivity index (χ1) is 13.4. The predicted octanol–water partition coefficient (Wildman–Crippen LogP) is 3.20. The molecule has 2 N–H and O–H groups in total. The number of nitrogens with zero attached hydrogens (tertiary/aromatic N) is 1. The first-order valence-electron chi connectivity index (χ1n) is 9.52. The number of halogens is 1. The molecule has 2 aromatic rings. The Balaban J connectivity index is 1.92. The lowest BCUT2D eigenvalue weighted by molar-refractivity contribution is 0.0668. The van der Waals surface area contributed by atoms with Crippen molar-refractivity contribution in [2.45, 2.75) is 39.1 Å². The van der Waals surface area contributed by atoms with Gasteiger partial charge in [0, 0.05) is 31.2 Å². The Hall–Kier alpha value is -2.15. The Morgan fingerprint density at radius 3 is 2.54 bits per heavy atom.